The van der Waals surface area contributed by atoms with Crippen LogP contribution in [0.3, 0.4) is 0 Å². The molecule has 2 aromatic heterocycles. The maximum atomic E-state index is 12.9. The number of hydrogen-bond acceptors (Lipinski definition) is 5. The average molecular weight is 467 g/mol. The Bertz CT molecular complexity index is 1330. The summed E-state index contributed by atoms with van der Waals surface area (Å²) in [4.78, 5) is 21.0. The van der Waals surface area contributed by atoms with Gasteiger partial charge in [0.15, 0.2) is 0 Å². The number of carbonyl (C=O) groups is 1. The average Bonchev–Trinajstić information content (AvgIpc) is 3.57. The van der Waals surface area contributed by atoms with Crippen LogP contribution in [0.4, 0.5) is 0 Å². The second-order valence-electron chi connectivity index (χ2n) is 7.71. The smallest absolute Gasteiger partial charge is 0.263 e. The van der Waals surface area contributed by atoms with Gasteiger partial charge < -0.3 is 10.3 Å². The lowest BCUT2D eigenvalue weighted by molar-refractivity contribution is 0.0952. The molecule has 1 fully saturated rings. The number of imidazole rings is 1. The van der Waals surface area contributed by atoms with E-state index in [0.717, 1.165) is 52.2 Å². The number of aromatic amines is 1. The van der Waals surface area contributed by atoms with E-state index in [0.29, 0.717) is 19.6 Å². The van der Waals surface area contributed by atoms with Gasteiger partial charge >= 0.3 is 0 Å². The molecule has 9 heteroatoms. The highest BCUT2D eigenvalue weighted by Crippen LogP contribution is 2.28. The molecule has 1 aliphatic heterocycles. The van der Waals surface area contributed by atoms with Crippen molar-refractivity contribution in [3.8, 4) is 11.4 Å². The van der Waals surface area contributed by atoms with Gasteiger partial charge in [-0.2, -0.15) is 4.31 Å². The number of para-hydroxylation sites is 2. The van der Waals surface area contributed by atoms with Crippen molar-refractivity contribution in [3.63, 3.8) is 0 Å². The van der Waals surface area contributed by atoms with E-state index in [1.54, 1.807) is 5.38 Å². The largest absolute Gasteiger partial charge is 0.347 e. The summed E-state index contributed by atoms with van der Waals surface area (Å²) in [7, 11) is -3.63. The molecule has 2 N–H and O–H groups in total. The number of rotatable bonds is 6. The number of thiophene rings is 1. The van der Waals surface area contributed by atoms with Gasteiger partial charge in [0.05, 0.1) is 11.0 Å². The number of nitrogens with zero attached hydrogens (tertiary/aromatic N) is 2. The number of H-pyrrole nitrogens is 1. The third-order valence-corrected chi connectivity index (χ3v) is 8.57. The van der Waals surface area contributed by atoms with Gasteiger partial charge in [0, 0.05) is 25.2 Å². The van der Waals surface area contributed by atoms with Gasteiger partial charge in [0.2, 0.25) is 10.0 Å². The van der Waals surface area contributed by atoms with Crippen LogP contribution in [0.1, 0.15) is 28.1 Å². The molecule has 0 atom stereocenters. The van der Waals surface area contributed by atoms with E-state index >= 15 is 0 Å². The number of sulfonamides is 1. The van der Waals surface area contributed by atoms with Gasteiger partial charge in [-0.15, -0.1) is 11.3 Å². The second kappa shape index (κ2) is 8.50. The molecule has 5 rings (SSSR count). The SMILES string of the molecule is O=C(NCc1ccc(-c2nc3ccccc3[nH]2)cc1)c1sccc1S(=O)(=O)N1CCCC1. The van der Waals surface area contributed by atoms with Crippen LogP contribution in [0.25, 0.3) is 22.4 Å². The van der Waals surface area contributed by atoms with Crippen LogP contribution >= 0.6 is 11.3 Å². The highest BCUT2D eigenvalue weighted by atomic mass is 32.2. The molecule has 0 spiro atoms. The van der Waals surface area contributed by atoms with E-state index in [-0.39, 0.29) is 15.7 Å². The van der Waals surface area contributed by atoms with Crippen molar-refractivity contribution in [3.05, 3.63) is 70.4 Å². The lowest BCUT2D eigenvalue weighted by Crippen LogP contribution is -2.30. The Kier molecular flexibility index (Phi) is 5.54. The number of nitrogens with one attached hydrogen (secondary N) is 2. The first-order valence-corrected chi connectivity index (χ1v) is 12.7. The first-order chi connectivity index (χ1) is 15.5. The van der Waals surface area contributed by atoms with Crippen LogP contribution in [0, 0.1) is 0 Å². The molecule has 7 nitrogen and oxygen atoms in total. The van der Waals surface area contributed by atoms with Crippen molar-refractivity contribution in [2.45, 2.75) is 24.3 Å². The van der Waals surface area contributed by atoms with Crippen LogP contribution in [-0.4, -0.2) is 41.7 Å². The summed E-state index contributed by atoms with van der Waals surface area (Å²) >= 11 is 1.15. The third kappa shape index (κ3) is 3.94. The van der Waals surface area contributed by atoms with Gasteiger partial charge in [-0.1, -0.05) is 36.4 Å². The minimum absolute atomic E-state index is 0.0992. The summed E-state index contributed by atoms with van der Waals surface area (Å²) < 4.78 is 27.2. The molecule has 1 saturated heterocycles. The Hall–Kier alpha value is -3.01. The minimum atomic E-state index is -3.63. The fourth-order valence-electron chi connectivity index (χ4n) is 3.87. The van der Waals surface area contributed by atoms with Gasteiger partial charge in [-0.25, -0.2) is 13.4 Å². The van der Waals surface area contributed by atoms with Crippen LogP contribution in [-0.2, 0) is 16.6 Å². The van der Waals surface area contributed by atoms with Crippen LogP contribution in [0.5, 0.6) is 0 Å². The minimum Gasteiger partial charge on any atom is -0.347 e. The van der Waals surface area contributed by atoms with E-state index in [1.807, 2.05) is 48.5 Å². The molecular weight excluding hydrogens is 444 g/mol. The summed E-state index contributed by atoms with van der Waals surface area (Å²) in [6.07, 6.45) is 1.71. The molecule has 0 aliphatic carbocycles. The van der Waals surface area contributed by atoms with Crippen molar-refractivity contribution in [2.75, 3.05) is 13.1 Å². The van der Waals surface area contributed by atoms with E-state index in [4.69, 9.17) is 0 Å². The van der Waals surface area contributed by atoms with Gasteiger partial charge in [-0.3, -0.25) is 4.79 Å². The Labute approximate surface area is 190 Å². The molecule has 0 radical (unpaired) electrons. The summed E-state index contributed by atoms with van der Waals surface area (Å²) in [5, 5.41) is 4.50. The lowest BCUT2D eigenvalue weighted by Gasteiger charge is -2.15. The van der Waals surface area contributed by atoms with Gasteiger partial charge in [-0.05, 0) is 42.0 Å². The summed E-state index contributed by atoms with van der Waals surface area (Å²) in [6.45, 7) is 1.33. The predicted molar refractivity (Wildman–Crippen MR) is 125 cm³/mol. The quantitative estimate of drug-likeness (QED) is 0.449. The molecule has 3 heterocycles. The van der Waals surface area contributed by atoms with Crippen LogP contribution in [0.15, 0.2) is 64.9 Å². The molecule has 164 valence electrons. The molecule has 0 saturated carbocycles. The maximum Gasteiger partial charge on any atom is 0.263 e. The lowest BCUT2D eigenvalue weighted by atomic mass is 10.1. The van der Waals surface area contributed by atoms with Crippen molar-refractivity contribution in [1.82, 2.24) is 19.6 Å². The molecule has 1 aliphatic rings. The Morgan fingerprint density at radius 2 is 1.81 bits per heavy atom. The molecule has 1 amide bonds. The highest BCUT2D eigenvalue weighted by Gasteiger charge is 2.31. The Balaban J connectivity index is 1.27. The Morgan fingerprint density at radius 3 is 2.56 bits per heavy atom. The third-order valence-electron chi connectivity index (χ3n) is 5.59. The van der Waals surface area contributed by atoms with Gasteiger partial charge in [0.25, 0.3) is 5.91 Å². The molecule has 4 aromatic rings. The first kappa shape index (κ1) is 20.9. The highest BCUT2D eigenvalue weighted by molar-refractivity contribution is 7.89. The molecule has 0 unspecified atom stereocenters. The molecule has 32 heavy (non-hydrogen) atoms. The zero-order chi connectivity index (χ0) is 22.1. The number of aromatic nitrogens is 2. The van der Waals surface area contributed by atoms with E-state index in [1.165, 1.54) is 10.4 Å². The first-order valence-electron chi connectivity index (χ1n) is 10.4. The summed E-state index contributed by atoms with van der Waals surface area (Å²) in [5.41, 5.74) is 3.76. The van der Waals surface area contributed by atoms with Crippen LogP contribution in [0.2, 0.25) is 0 Å². The van der Waals surface area contributed by atoms with Gasteiger partial charge in [0.1, 0.15) is 15.6 Å². The fraction of sp³-hybridized carbons (Fsp3) is 0.217. The van der Waals surface area contributed by atoms with E-state index in [9.17, 15) is 13.2 Å². The normalized spacial score (nSPS) is 14.8. The standard InChI is InChI=1S/C23H22N4O3S2/c28-23(21-20(11-14-31-21)32(29,30)27-12-3-4-13-27)24-15-16-7-9-17(10-8-16)22-25-18-5-1-2-6-19(18)26-22/h1-2,5-11,14H,3-4,12-13,15H2,(H,24,28)(H,25,26). The molecule has 0 bridgehead atoms. The predicted octanol–water partition coefficient (Wildman–Crippen LogP) is 4.01. The summed E-state index contributed by atoms with van der Waals surface area (Å²) in [6, 6.07) is 17.1. The monoisotopic (exact) mass is 466 g/mol. The number of carbonyl (C=O) groups excluding carboxylic acids is 1. The van der Waals surface area contributed by atoms with Crippen molar-refractivity contribution in [1.29, 1.82) is 0 Å². The fourth-order valence-corrected chi connectivity index (χ4v) is 6.70. The maximum absolute atomic E-state index is 12.9. The number of hydrogen-bond donors (Lipinski definition) is 2. The zero-order valence-corrected chi connectivity index (χ0v) is 18.9. The number of amides is 1. The second-order valence-corrected chi connectivity index (χ2v) is 10.5. The zero-order valence-electron chi connectivity index (χ0n) is 17.2. The number of fused-ring (bicyclic) bond motifs is 1. The van der Waals surface area contributed by atoms with Crippen LogP contribution < -0.4 is 5.32 Å². The van der Waals surface area contributed by atoms with Crippen molar-refractivity contribution in [2.24, 2.45) is 0 Å². The van der Waals surface area contributed by atoms with Crippen molar-refractivity contribution < 1.29 is 13.2 Å². The Morgan fingerprint density at radius 1 is 1.06 bits per heavy atom. The molecular formula is C23H22N4O3S2. The topological polar surface area (TPSA) is 95.2 Å². The molecule has 2 aromatic carbocycles. The van der Waals surface area contributed by atoms with E-state index < -0.39 is 10.0 Å². The summed E-state index contributed by atoms with van der Waals surface area (Å²) in [5.74, 6) is 0.413. The van der Waals surface area contributed by atoms with E-state index in [2.05, 4.69) is 15.3 Å². The number of benzene rings is 2. The van der Waals surface area contributed by atoms with Crippen molar-refractivity contribution >= 4 is 38.3 Å².